The van der Waals surface area contributed by atoms with E-state index in [9.17, 15) is 19.5 Å². The van der Waals surface area contributed by atoms with E-state index in [1.807, 2.05) is 56.3 Å². The number of benzene rings is 2. The zero-order valence-electron chi connectivity index (χ0n) is 25.5. The van der Waals surface area contributed by atoms with Gasteiger partial charge in [0.25, 0.3) is 5.91 Å². The van der Waals surface area contributed by atoms with E-state index in [2.05, 4.69) is 13.2 Å². The van der Waals surface area contributed by atoms with Crippen LogP contribution in [0.15, 0.2) is 73.8 Å². The molecule has 5 rings (SSSR count). The molecule has 1 N–H and O–H groups in total. The fourth-order valence-corrected chi connectivity index (χ4v) is 7.97. The van der Waals surface area contributed by atoms with Crippen molar-refractivity contribution in [3.05, 3.63) is 90.0 Å². The van der Waals surface area contributed by atoms with Crippen molar-refractivity contribution in [3.63, 3.8) is 0 Å². The quantitative estimate of drug-likeness (QED) is 0.332. The monoisotopic (exact) mass is 619 g/mol. The summed E-state index contributed by atoms with van der Waals surface area (Å²) < 4.78 is 6.70. The Bertz CT molecular complexity index is 1400. The first-order valence-corrected chi connectivity index (χ1v) is 15.8. The maximum atomic E-state index is 15.0. The molecule has 3 aliphatic rings. The molecule has 2 bridgehead atoms. The van der Waals surface area contributed by atoms with Crippen molar-refractivity contribution in [2.75, 3.05) is 31.1 Å². The number of ether oxygens (including phenoxy) is 1. The van der Waals surface area contributed by atoms with Gasteiger partial charge in [-0.1, -0.05) is 73.1 Å². The van der Waals surface area contributed by atoms with Crippen LogP contribution in [-0.2, 0) is 25.5 Å². The molecule has 8 nitrogen and oxygen atoms in total. The van der Waals surface area contributed by atoms with Crippen LogP contribution in [0.25, 0.3) is 0 Å². The van der Waals surface area contributed by atoms with Crippen molar-refractivity contribution in [3.8, 4) is 0 Å². The van der Waals surface area contributed by atoms with Crippen molar-refractivity contribution < 1.29 is 24.2 Å². The van der Waals surface area contributed by atoms with E-state index in [-0.39, 0.29) is 30.9 Å². The number of anilines is 1. The molecular formula is C35H42ClN3O5. The molecule has 0 aromatic heterocycles. The summed E-state index contributed by atoms with van der Waals surface area (Å²) in [5, 5.41) is 11.2. The number of fused-ring (bicyclic) bond motifs is 1. The largest absolute Gasteiger partial charge is 0.394 e. The number of halogens is 1. The molecule has 2 aromatic rings. The molecule has 2 aromatic carbocycles. The van der Waals surface area contributed by atoms with Gasteiger partial charge in [-0.15, -0.1) is 13.2 Å². The molecule has 0 aliphatic carbocycles. The van der Waals surface area contributed by atoms with Crippen LogP contribution in [0.2, 0.25) is 5.02 Å². The number of amides is 3. The van der Waals surface area contributed by atoms with Crippen LogP contribution in [0.1, 0.15) is 37.3 Å². The van der Waals surface area contributed by atoms with Crippen molar-refractivity contribution >= 4 is 35.0 Å². The molecule has 0 radical (unpaired) electrons. The average molecular weight is 620 g/mol. The smallest absolute Gasteiger partial charge is 0.253 e. The molecule has 44 heavy (non-hydrogen) atoms. The van der Waals surface area contributed by atoms with Gasteiger partial charge in [0, 0.05) is 19.6 Å². The maximum absolute atomic E-state index is 15.0. The fraction of sp³-hybridized carbons (Fsp3) is 0.457. The lowest BCUT2D eigenvalue weighted by molar-refractivity contribution is -0.147. The number of carbonyl (C=O) groups is 3. The van der Waals surface area contributed by atoms with Gasteiger partial charge in [-0.25, -0.2) is 0 Å². The zero-order chi connectivity index (χ0) is 31.6. The van der Waals surface area contributed by atoms with E-state index >= 15 is 0 Å². The van der Waals surface area contributed by atoms with Crippen molar-refractivity contribution in [2.24, 2.45) is 11.8 Å². The first kappa shape index (κ1) is 31.9. The van der Waals surface area contributed by atoms with Crippen molar-refractivity contribution in [2.45, 2.75) is 63.3 Å². The van der Waals surface area contributed by atoms with Gasteiger partial charge in [0.2, 0.25) is 11.8 Å². The summed E-state index contributed by atoms with van der Waals surface area (Å²) in [6.07, 6.45) is 4.94. The number of nitrogens with zero attached hydrogens (tertiary/aromatic N) is 3. The second-order valence-electron chi connectivity index (χ2n) is 12.0. The number of likely N-dealkylation sites (tertiary alicyclic amines) is 1. The average Bonchev–Trinajstić information content (AvgIpc) is 3.66. The zero-order valence-corrected chi connectivity index (χ0v) is 26.3. The van der Waals surface area contributed by atoms with Gasteiger partial charge in [0.05, 0.1) is 41.3 Å². The lowest BCUT2D eigenvalue weighted by Gasteiger charge is -2.39. The molecule has 2 unspecified atom stereocenters. The Morgan fingerprint density at radius 2 is 1.86 bits per heavy atom. The molecule has 3 saturated heterocycles. The summed E-state index contributed by atoms with van der Waals surface area (Å²) in [7, 11) is 0. The molecule has 234 valence electrons. The van der Waals surface area contributed by atoms with Crippen LogP contribution in [0.3, 0.4) is 0 Å². The first-order chi connectivity index (χ1) is 21.2. The number of hydrogen-bond donors (Lipinski definition) is 1. The fourth-order valence-electron chi connectivity index (χ4n) is 7.64. The van der Waals surface area contributed by atoms with E-state index in [4.69, 9.17) is 16.3 Å². The van der Waals surface area contributed by atoms with E-state index in [1.54, 1.807) is 28.0 Å². The molecule has 3 heterocycles. The van der Waals surface area contributed by atoms with Gasteiger partial charge >= 0.3 is 0 Å². The number of hydrogen-bond acceptors (Lipinski definition) is 5. The van der Waals surface area contributed by atoms with E-state index in [1.165, 1.54) is 4.90 Å². The van der Waals surface area contributed by atoms with Gasteiger partial charge in [-0.3, -0.25) is 14.4 Å². The second kappa shape index (κ2) is 13.3. The van der Waals surface area contributed by atoms with Crippen LogP contribution in [-0.4, -0.2) is 82.7 Å². The van der Waals surface area contributed by atoms with Crippen molar-refractivity contribution in [1.82, 2.24) is 9.80 Å². The van der Waals surface area contributed by atoms with Gasteiger partial charge in [0.1, 0.15) is 11.6 Å². The Kier molecular flexibility index (Phi) is 9.63. The third kappa shape index (κ3) is 5.37. The lowest BCUT2D eigenvalue weighted by atomic mass is 9.70. The SMILES string of the molecule is C=CCN(CCC)C(=O)[C@@H]1[C@@H]2CCC3(O2)C(C(=O)N(CC=C)c2c(C)cccc2Cl)N([C@@H](CO)Cc2ccccc2)C(=O)[C@H]13. The molecular weight excluding hydrogens is 578 g/mol. The Labute approximate surface area is 264 Å². The van der Waals surface area contributed by atoms with Crippen LogP contribution in [0, 0.1) is 18.8 Å². The van der Waals surface area contributed by atoms with Gasteiger partial charge in [0.15, 0.2) is 0 Å². The summed E-state index contributed by atoms with van der Waals surface area (Å²) in [5.74, 6) is -2.43. The third-order valence-corrected chi connectivity index (χ3v) is 9.67. The first-order valence-electron chi connectivity index (χ1n) is 15.5. The van der Waals surface area contributed by atoms with Crippen LogP contribution in [0.4, 0.5) is 5.69 Å². The molecule has 3 aliphatic heterocycles. The minimum absolute atomic E-state index is 0.153. The van der Waals surface area contributed by atoms with E-state index in [0.29, 0.717) is 43.1 Å². The van der Waals surface area contributed by atoms with E-state index < -0.39 is 35.6 Å². The number of para-hydroxylation sites is 1. The number of rotatable bonds is 13. The summed E-state index contributed by atoms with van der Waals surface area (Å²) in [5.41, 5.74) is 1.03. The predicted molar refractivity (Wildman–Crippen MR) is 171 cm³/mol. The van der Waals surface area contributed by atoms with Crippen LogP contribution < -0.4 is 4.90 Å². The molecule has 9 heteroatoms. The number of aryl methyl sites for hydroxylation is 1. The second-order valence-corrected chi connectivity index (χ2v) is 12.5. The minimum atomic E-state index is -1.22. The van der Waals surface area contributed by atoms with Crippen LogP contribution >= 0.6 is 11.6 Å². The van der Waals surface area contributed by atoms with Crippen LogP contribution in [0.5, 0.6) is 0 Å². The molecule has 6 atom stereocenters. The highest BCUT2D eigenvalue weighted by Gasteiger charge is 2.75. The third-order valence-electron chi connectivity index (χ3n) is 9.37. The summed E-state index contributed by atoms with van der Waals surface area (Å²) in [4.78, 5) is 48.6. The Balaban J connectivity index is 1.63. The Morgan fingerprint density at radius 1 is 1.14 bits per heavy atom. The van der Waals surface area contributed by atoms with Gasteiger partial charge in [-0.2, -0.15) is 0 Å². The van der Waals surface area contributed by atoms with Gasteiger partial charge < -0.3 is 24.5 Å². The Hall–Kier alpha value is -3.46. The van der Waals surface area contributed by atoms with Crippen molar-refractivity contribution in [1.29, 1.82) is 0 Å². The molecule has 3 amide bonds. The number of aliphatic hydroxyl groups is 1. The number of carbonyl (C=O) groups excluding carboxylic acids is 3. The maximum Gasteiger partial charge on any atom is 0.253 e. The molecule has 3 fully saturated rings. The summed E-state index contributed by atoms with van der Waals surface area (Å²) >= 11 is 6.68. The predicted octanol–water partition coefficient (Wildman–Crippen LogP) is 4.57. The normalized spacial score (nSPS) is 25.9. The standard InChI is InChI=1S/C35H42ClN3O5/c1-5-18-37(19-6-2)32(41)28-27-16-17-35(44-27)29(28)33(42)39(25(22-40)21-24-13-9-8-10-14-24)31(35)34(43)38(20-7-3)30-23(4)12-11-15-26(30)36/h5,7-15,25,27-29,31,40H,1,3,6,16-22H2,2,4H3/t25-,27+,28-,29+,31?,35?/m1/s1. The van der Waals surface area contributed by atoms with Gasteiger partial charge in [-0.05, 0) is 49.8 Å². The van der Waals surface area contributed by atoms with E-state index in [0.717, 1.165) is 17.5 Å². The molecule has 0 saturated carbocycles. The highest BCUT2D eigenvalue weighted by molar-refractivity contribution is 6.34. The number of aliphatic hydroxyl groups excluding tert-OH is 1. The molecule has 1 spiro atoms. The summed E-state index contributed by atoms with van der Waals surface area (Å²) in [6.45, 7) is 12.3. The summed E-state index contributed by atoms with van der Waals surface area (Å²) in [6, 6.07) is 13.2. The lowest BCUT2D eigenvalue weighted by Crippen LogP contribution is -2.59. The minimum Gasteiger partial charge on any atom is -0.394 e. The highest BCUT2D eigenvalue weighted by Crippen LogP contribution is 2.59. The Morgan fingerprint density at radius 3 is 2.50 bits per heavy atom. The highest BCUT2D eigenvalue weighted by atomic mass is 35.5. The topological polar surface area (TPSA) is 90.4 Å².